The summed E-state index contributed by atoms with van der Waals surface area (Å²) in [5.41, 5.74) is 0.544. The average molecular weight is 236 g/mol. The Morgan fingerprint density at radius 2 is 2.06 bits per heavy atom. The summed E-state index contributed by atoms with van der Waals surface area (Å²) in [7, 11) is 1.42. The number of ether oxygens (including phenoxy) is 1. The summed E-state index contributed by atoms with van der Waals surface area (Å²) < 4.78 is 23.8. The molecule has 0 spiro atoms. The number of benzene rings is 1. The minimum absolute atomic E-state index is 0.152. The summed E-state index contributed by atoms with van der Waals surface area (Å²) in [6, 6.07) is 4.53. The van der Waals surface area contributed by atoms with E-state index in [0.29, 0.717) is 17.3 Å². The molecule has 0 radical (unpaired) electrons. The molecule has 2 aromatic rings. The molecule has 17 heavy (non-hydrogen) atoms. The molecule has 1 aromatic carbocycles. The highest BCUT2D eigenvalue weighted by Gasteiger charge is 2.13. The van der Waals surface area contributed by atoms with Crippen LogP contribution in [0.5, 0.6) is 5.75 Å². The molecule has 0 fully saturated rings. The van der Waals surface area contributed by atoms with Crippen LogP contribution in [0.4, 0.5) is 4.39 Å². The highest BCUT2D eigenvalue weighted by Crippen LogP contribution is 2.25. The number of methoxy groups -OCH3 is 1. The van der Waals surface area contributed by atoms with E-state index < -0.39 is 5.82 Å². The quantitative estimate of drug-likeness (QED) is 0.821. The van der Waals surface area contributed by atoms with E-state index in [-0.39, 0.29) is 11.7 Å². The van der Waals surface area contributed by atoms with Crippen LogP contribution in [0.2, 0.25) is 0 Å². The second-order valence-electron chi connectivity index (χ2n) is 3.95. The summed E-state index contributed by atoms with van der Waals surface area (Å²) in [5, 5.41) is 7.77. The molecule has 90 valence electrons. The van der Waals surface area contributed by atoms with E-state index in [4.69, 9.17) is 9.15 Å². The van der Waals surface area contributed by atoms with Crippen LogP contribution in [-0.4, -0.2) is 17.3 Å². The summed E-state index contributed by atoms with van der Waals surface area (Å²) in [5.74, 6) is 0.748. The third-order valence-electron chi connectivity index (χ3n) is 2.33. The molecule has 0 atom stereocenters. The largest absolute Gasteiger partial charge is 0.494 e. The van der Waals surface area contributed by atoms with Gasteiger partial charge in [-0.25, -0.2) is 4.39 Å². The zero-order chi connectivity index (χ0) is 12.4. The lowest BCUT2D eigenvalue weighted by Gasteiger charge is -2.02. The van der Waals surface area contributed by atoms with Gasteiger partial charge < -0.3 is 9.15 Å². The topological polar surface area (TPSA) is 48.2 Å². The van der Waals surface area contributed by atoms with Gasteiger partial charge in [0.2, 0.25) is 11.8 Å². The third-order valence-corrected chi connectivity index (χ3v) is 2.33. The molecule has 0 aliphatic heterocycles. The fourth-order valence-corrected chi connectivity index (χ4v) is 1.38. The molecule has 1 aromatic heterocycles. The van der Waals surface area contributed by atoms with Gasteiger partial charge in [-0.05, 0) is 18.2 Å². The fraction of sp³-hybridized carbons (Fsp3) is 0.333. The first kappa shape index (κ1) is 11.6. The van der Waals surface area contributed by atoms with Gasteiger partial charge in [-0.3, -0.25) is 0 Å². The predicted molar refractivity (Wildman–Crippen MR) is 60.3 cm³/mol. The number of aromatic nitrogens is 2. The van der Waals surface area contributed by atoms with Gasteiger partial charge in [-0.15, -0.1) is 10.2 Å². The number of hydrogen-bond acceptors (Lipinski definition) is 4. The van der Waals surface area contributed by atoms with E-state index in [1.165, 1.54) is 19.2 Å². The van der Waals surface area contributed by atoms with Gasteiger partial charge in [0.25, 0.3) is 0 Å². The van der Waals surface area contributed by atoms with E-state index in [2.05, 4.69) is 10.2 Å². The predicted octanol–water partition coefficient (Wildman–Crippen LogP) is 3.01. The molecule has 0 saturated carbocycles. The first-order valence-electron chi connectivity index (χ1n) is 5.29. The van der Waals surface area contributed by atoms with Crippen LogP contribution in [0, 0.1) is 5.82 Å². The van der Waals surface area contributed by atoms with E-state index in [1.54, 1.807) is 6.07 Å². The monoisotopic (exact) mass is 236 g/mol. The molecular weight excluding hydrogens is 223 g/mol. The molecule has 2 rings (SSSR count). The van der Waals surface area contributed by atoms with Crippen molar-refractivity contribution in [2.45, 2.75) is 19.8 Å². The molecule has 1 heterocycles. The van der Waals surface area contributed by atoms with E-state index in [9.17, 15) is 4.39 Å². The maximum atomic E-state index is 13.5. The normalized spacial score (nSPS) is 10.9. The van der Waals surface area contributed by atoms with Crippen LogP contribution in [0.15, 0.2) is 22.6 Å². The third kappa shape index (κ3) is 2.27. The summed E-state index contributed by atoms with van der Waals surface area (Å²) in [4.78, 5) is 0. The van der Waals surface area contributed by atoms with Gasteiger partial charge in [0.05, 0.1) is 7.11 Å². The Balaban J connectivity index is 2.36. The van der Waals surface area contributed by atoms with Crippen molar-refractivity contribution in [1.82, 2.24) is 10.2 Å². The molecule has 5 heteroatoms. The second-order valence-corrected chi connectivity index (χ2v) is 3.95. The van der Waals surface area contributed by atoms with Crippen molar-refractivity contribution in [3.8, 4) is 17.2 Å². The Kier molecular flexibility index (Phi) is 3.08. The molecule has 0 bridgehead atoms. The van der Waals surface area contributed by atoms with Gasteiger partial charge in [0, 0.05) is 11.5 Å². The molecular formula is C12H13FN2O2. The van der Waals surface area contributed by atoms with Gasteiger partial charge in [-0.2, -0.15) is 0 Å². The number of hydrogen-bond donors (Lipinski definition) is 0. The Labute approximate surface area is 98.4 Å². The van der Waals surface area contributed by atoms with Crippen LogP contribution in [0.3, 0.4) is 0 Å². The summed E-state index contributed by atoms with van der Waals surface area (Å²) in [6.07, 6.45) is 0. The van der Waals surface area contributed by atoms with Crippen molar-refractivity contribution < 1.29 is 13.5 Å². The van der Waals surface area contributed by atoms with Gasteiger partial charge in [-0.1, -0.05) is 13.8 Å². The molecule has 4 nitrogen and oxygen atoms in total. The lowest BCUT2D eigenvalue weighted by atomic mass is 10.2. The molecule has 0 aliphatic rings. The van der Waals surface area contributed by atoms with Gasteiger partial charge in [0.15, 0.2) is 11.6 Å². The highest BCUT2D eigenvalue weighted by molar-refractivity contribution is 5.54. The maximum absolute atomic E-state index is 13.5. The van der Waals surface area contributed by atoms with E-state index in [1.807, 2.05) is 13.8 Å². The first-order chi connectivity index (χ1) is 8.11. The van der Waals surface area contributed by atoms with Crippen molar-refractivity contribution in [3.05, 3.63) is 29.9 Å². The Bertz CT molecular complexity index is 523. The SMILES string of the molecule is COc1ccc(-c2nnc(C(C)C)o2)cc1F. The average Bonchev–Trinajstić information content (AvgIpc) is 2.78. The van der Waals surface area contributed by atoms with Crippen LogP contribution >= 0.6 is 0 Å². The highest BCUT2D eigenvalue weighted by atomic mass is 19.1. The number of nitrogens with zero attached hydrogens (tertiary/aromatic N) is 2. The van der Waals surface area contributed by atoms with Crippen molar-refractivity contribution >= 4 is 0 Å². The zero-order valence-electron chi connectivity index (χ0n) is 9.90. The lowest BCUT2D eigenvalue weighted by Crippen LogP contribution is -1.88. The van der Waals surface area contributed by atoms with Crippen molar-refractivity contribution in [2.24, 2.45) is 0 Å². The molecule has 0 saturated heterocycles. The van der Waals surface area contributed by atoms with E-state index >= 15 is 0 Å². The summed E-state index contributed by atoms with van der Waals surface area (Å²) in [6.45, 7) is 3.90. The Morgan fingerprint density at radius 3 is 2.59 bits per heavy atom. The number of rotatable bonds is 3. The van der Waals surface area contributed by atoms with Crippen LogP contribution in [0.25, 0.3) is 11.5 Å². The lowest BCUT2D eigenvalue weighted by molar-refractivity contribution is 0.386. The Morgan fingerprint density at radius 1 is 1.29 bits per heavy atom. The maximum Gasteiger partial charge on any atom is 0.247 e. The standard InChI is InChI=1S/C12H13FN2O2/c1-7(2)11-14-15-12(17-11)8-4-5-10(16-3)9(13)6-8/h4-7H,1-3H3. The molecule has 0 N–H and O–H groups in total. The summed E-state index contributed by atoms with van der Waals surface area (Å²) >= 11 is 0. The second kappa shape index (κ2) is 4.53. The molecule has 0 unspecified atom stereocenters. The van der Waals surface area contributed by atoms with Gasteiger partial charge in [0.1, 0.15) is 0 Å². The van der Waals surface area contributed by atoms with Crippen LogP contribution < -0.4 is 4.74 Å². The van der Waals surface area contributed by atoms with Crippen molar-refractivity contribution in [3.63, 3.8) is 0 Å². The van der Waals surface area contributed by atoms with Crippen LogP contribution in [0.1, 0.15) is 25.7 Å². The molecule has 0 aliphatic carbocycles. The van der Waals surface area contributed by atoms with Crippen LogP contribution in [-0.2, 0) is 0 Å². The fourth-order valence-electron chi connectivity index (χ4n) is 1.38. The first-order valence-corrected chi connectivity index (χ1v) is 5.29. The van der Waals surface area contributed by atoms with Crippen molar-refractivity contribution in [1.29, 1.82) is 0 Å². The zero-order valence-corrected chi connectivity index (χ0v) is 9.90. The molecule has 0 amide bonds. The van der Waals surface area contributed by atoms with E-state index in [0.717, 1.165) is 0 Å². The minimum atomic E-state index is -0.450. The van der Waals surface area contributed by atoms with Gasteiger partial charge >= 0.3 is 0 Å². The minimum Gasteiger partial charge on any atom is -0.494 e. The number of halogens is 1. The van der Waals surface area contributed by atoms with Crippen molar-refractivity contribution in [2.75, 3.05) is 7.11 Å². The Hall–Kier alpha value is -1.91. The smallest absolute Gasteiger partial charge is 0.247 e.